The Bertz CT molecular complexity index is 875. The predicted octanol–water partition coefficient (Wildman–Crippen LogP) is 1.87. The maximum absolute atomic E-state index is 13.1. The smallest absolute Gasteiger partial charge is 0.231 e. The Morgan fingerprint density at radius 2 is 1.97 bits per heavy atom. The normalized spacial score (nSPS) is 29.2. The minimum absolute atomic E-state index is 0.101. The average Bonchev–Trinajstić information content (AvgIpc) is 3.18. The van der Waals surface area contributed by atoms with Crippen LogP contribution >= 0.6 is 0 Å². The molecule has 4 heterocycles. The summed E-state index contributed by atoms with van der Waals surface area (Å²) in [7, 11) is -3.24. The molecule has 2 saturated heterocycles. The Morgan fingerprint density at radius 3 is 2.79 bits per heavy atom. The molecule has 160 valence electrons. The Balaban J connectivity index is 1.41. The molecule has 0 amide bonds. The number of piperidine rings is 2. The van der Waals surface area contributed by atoms with Crippen LogP contribution in [0.5, 0.6) is 11.5 Å². The molecule has 0 bridgehead atoms. The fourth-order valence-corrected chi connectivity index (χ4v) is 7.57. The molecule has 4 aliphatic rings. The highest BCUT2D eigenvalue weighted by Gasteiger charge is 2.46. The van der Waals surface area contributed by atoms with Crippen LogP contribution < -0.4 is 15.2 Å². The van der Waals surface area contributed by atoms with E-state index < -0.39 is 10.0 Å². The zero-order chi connectivity index (χ0) is 20.0. The average molecular weight is 422 g/mol. The molecule has 3 atom stereocenters. The fraction of sp³-hybridized carbons (Fsp3) is 0.714. The minimum Gasteiger partial charge on any atom is -0.454 e. The minimum atomic E-state index is -3.24. The number of unbranched alkanes of at least 4 members (excludes halogenated alkanes) is 1. The summed E-state index contributed by atoms with van der Waals surface area (Å²) < 4.78 is 39.2. The Kier molecular flexibility index (Phi) is 5.22. The Morgan fingerprint density at radius 1 is 1.14 bits per heavy atom. The second-order valence-electron chi connectivity index (χ2n) is 8.79. The van der Waals surface area contributed by atoms with Gasteiger partial charge in [0.1, 0.15) is 0 Å². The molecular weight excluding hydrogens is 390 g/mol. The van der Waals surface area contributed by atoms with Crippen LogP contribution in [0.3, 0.4) is 0 Å². The third kappa shape index (κ3) is 3.54. The first-order chi connectivity index (χ1) is 14.1. The maximum Gasteiger partial charge on any atom is 0.231 e. The van der Waals surface area contributed by atoms with Crippen molar-refractivity contribution in [2.45, 2.75) is 50.6 Å². The van der Waals surface area contributed by atoms with Gasteiger partial charge < -0.3 is 15.2 Å². The number of sulfonamides is 1. The maximum atomic E-state index is 13.1. The summed E-state index contributed by atoms with van der Waals surface area (Å²) in [6, 6.07) is 4.62. The Labute approximate surface area is 173 Å². The van der Waals surface area contributed by atoms with E-state index in [4.69, 9.17) is 15.2 Å². The zero-order valence-corrected chi connectivity index (χ0v) is 17.7. The van der Waals surface area contributed by atoms with Crippen LogP contribution in [0.2, 0.25) is 0 Å². The van der Waals surface area contributed by atoms with Gasteiger partial charge in [-0.15, -0.1) is 0 Å². The van der Waals surface area contributed by atoms with Gasteiger partial charge in [-0.3, -0.25) is 4.90 Å². The van der Waals surface area contributed by atoms with Gasteiger partial charge in [0, 0.05) is 31.7 Å². The molecule has 29 heavy (non-hydrogen) atoms. The standard InChI is InChI=1S/C21H31N3O4S/c22-6-1-2-9-29(25,26)24-7-3-4-16-13-23-8-5-15-10-20-21(28-14-27-20)11-17(15)19(23)12-18(16)24/h10-11,16,18-19H,1-9,12-14,22H2/t16-,18+,19+/m1/s1. The first kappa shape index (κ1) is 19.6. The SMILES string of the molecule is NCCCCS(=O)(=O)N1CCC[C@@H]2CN3CCc4cc5c(cc4[C@@H]3C[C@@H]21)OCO5. The van der Waals surface area contributed by atoms with Crippen LogP contribution in [0.25, 0.3) is 0 Å². The molecule has 8 heteroatoms. The molecule has 7 nitrogen and oxygen atoms in total. The first-order valence-electron chi connectivity index (χ1n) is 10.9. The highest BCUT2D eigenvalue weighted by molar-refractivity contribution is 7.89. The van der Waals surface area contributed by atoms with E-state index in [-0.39, 0.29) is 24.6 Å². The van der Waals surface area contributed by atoms with Crippen molar-refractivity contribution < 1.29 is 17.9 Å². The number of fused-ring (bicyclic) bond motifs is 5. The van der Waals surface area contributed by atoms with Crippen molar-refractivity contribution in [2.75, 3.05) is 38.7 Å². The molecule has 0 saturated carbocycles. The number of rotatable bonds is 5. The quantitative estimate of drug-likeness (QED) is 0.731. The van der Waals surface area contributed by atoms with Crippen LogP contribution in [0.4, 0.5) is 0 Å². The molecule has 5 rings (SSSR count). The van der Waals surface area contributed by atoms with Crippen molar-refractivity contribution in [1.82, 2.24) is 9.21 Å². The van der Waals surface area contributed by atoms with Crippen LogP contribution in [0.1, 0.15) is 49.3 Å². The summed E-state index contributed by atoms with van der Waals surface area (Å²) in [4.78, 5) is 2.57. The van der Waals surface area contributed by atoms with Crippen LogP contribution in [0.15, 0.2) is 12.1 Å². The van der Waals surface area contributed by atoms with Crippen LogP contribution in [-0.4, -0.2) is 62.4 Å². The van der Waals surface area contributed by atoms with Gasteiger partial charge in [-0.05, 0) is 74.2 Å². The number of nitrogens with zero attached hydrogens (tertiary/aromatic N) is 2. The van der Waals surface area contributed by atoms with Gasteiger partial charge in [-0.1, -0.05) is 0 Å². The summed E-state index contributed by atoms with van der Waals surface area (Å²) in [6.07, 6.45) is 5.38. The van der Waals surface area contributed by atoms with Gasteiger partial charge in [0.2, 0.25) is 16.8 Å². The molecule has 2 N–H and O–H groups in total. The van der Waals surface area contributed by atoms with E-state index in [9.17, 15) is 8.42 Å². The molecule has 1 aromatic rings. The zero-order valence-electron chi connectivity index (χ0n) is 16.9. The van der Waals surface area contributed by atoms with Crippen molar-refractivity contribution >= 4 is 10.0 Å². The third-order valence-electron chi connectivity index (χ3n) is 7.12. The second kappa shape index (κ2) is 7.72. The summed E-state index contributed by atoms with van der Waals surface area (Å²) in [5, 5.41) is 0. The van der Waals surface area contributed by atoms with Crippen molar-refractivity contribution in [2.24, 2.45) is 11.7 Å². The van der Waals surface area contributed by atoms with E-state index in [1.165, 1.54) is 11.1 Å². The molecule has 0 radical (unpaired) electrons. The van der Waals surface area contributed by atoms with Gasteiger partial charge in [0.25, 0.3) is 0 Å². The molecule has 4 aliphatic heterocycles. The molecule has 0 aliphatic carbocycles. The monoisotopic (exact) mass is 421 g/mol. The van der Waals surface area contributed by atoms with Gasteiger partial charge in [-0.2, -0.15) is 4.31 Å². The lowest BCUT2D eigenvalue weighted by Crippen LogP contribution is -2.57. The van der Waals surface area contributed by atoms with Crippen molar-refractivity contribution in [3.05, 3.63) is 23.3 Å². The van der Waals surface area contributed by atoms with E-state index >= 15 is 0 Å². The lowest BCUT2D eigenvalue weighted by Gasteiger charge is -2.51. The number of benzene rings is 1. The van der Waals surface area contributed by atoms with E-state index in [0.717, 1.165) is 56.7 Å². The van der Waals surface area contributed by atoms with Crippen molar-refractivity contribution in [3.63, 3.8) is 0 Å². The van der Waals surface area contributed by atoms with E-state index in [1.54, 1.807) is 0 Å². The molecule has 0 aromatic heterocycles. The molecule has 0 unspecified atom stereocenters. The van der Waals surface area contributed by atoms with Gasteiger partial charge in [0.15, 0.2) is 11.5 Å². The number of hydrogen-bond acceptors (Lipinski definition) is 6. The first-order valence-corrected chi connectivity index (χ1v) is 12.5. The third-order valence-corrected chi connectivity index (χ3v) is 9.09. The lowest BCUT2D eigenvalue weighted by molar-refractivity contribution is 0.0219. The van der Waals surface area contributed by atoms with Gasteiger partial charge in [-0.25, -0.2) is 8.42 Å². The molecular formula is C21H31N3O4S. The number of ether oxygens (including phenoxy) is 2. The number of hydrogen-bond donors (Lipinski definition) is 1. The van der Waals surface area contributed by atoms with Crippen molar-refractivity contribution in [1.29, 1.82) is 0 Å². The lowest BCUT2D eigenvalue weighted by atomic mass is 9.77. The fourth-order valence-electron chi connectivity index (χ4n) is 5.68. The molecule has 2 fully saturated rings. The molecule has 0 spiro atoms. The molecule has 1 aromatic carbocycles. The highest BCUT2D eigenvalue weighted by Crippen LogP contribution is 2.46. The topological polar surface area (TPSA) is 85.1 Å². The summed E-state index contributed by atoms with van der Waals surface area (Å²) in [6.45, 7) is 3.51. The summed E-state index contributed by atoms with van der Waals surface area (Å²) >= 11 is 0. The largest absolute Gasteiger partial charge is 0.454 e. The second-order valence-corrected chi connectivity index (χ2v) is 10.8. The van der Waals surface area contributed by atoms with E-state index in [1.807, 2.05) is 4.31 Å². The predicted molar refractivity (Wildman–Crippen MR) is 110 cm³/mol. The van der Waals surface area contributed by atoms with Gasteiger partial charge in [0.05, 0.1) is 5.75 Å². The van der Waals surface area contributed by atoms with E-state index in [2.05, 4.69) is 17.0 Å². The highest BCUT2D eigenvalue weighted by atomic mass is 32.2. The van der Waals surface area contributed by atoms with Gasteiger partial charge >= 0.3 is 0 Å². The summed E-state index contributed by atoms with van der Waals surface area (Å²) in [5.41, 5.74) is 8.18. The Hall–Kier alpha value is -1.35. The van der Waals surface area contributed by atoms with E-state index in [0.29, 0.717) is 25.4 Å². The summed E-state index contributed by atoms with van der Waals surface area (Å²) in [5.74, 6) is 2.31. The van der Waals surface area contributed by atoms with Crippen LogP contribution in [0, 0.1) is 5.92 Å². The number of nitrogens with two attached hydrogens (primary N) is 1. The van der Waals surface area contributed by atoms with Crippen molar-refractivity contribution in [3.8, 4) is 11.5 Å². The van der Waals surface area contributed by atoms with Crippen LogP contribution in [-0.2, 0) is 16.4 Å².